The second kappa shape index (κ2) is 5.67. The van der Waals surface area contributed by atoms with Crippen molar-refractivity contribution in [1.82, 2.24) is 4.98 Å². The Balaban J connectivity index is 2.43. The van der Waals surface area contributed by atoms with Gasteiger partial charge in [0.25, 0.3) is 0 Å². The summed E-state index contributed by atoms with van der Waals surface area (Å²) < 4.78 is 12.5. The molecule has 0 fully saturated rings. The molecule has 0 spiro atoms. The minimum Gasteiger partial charge on any atom is -0.396 e. The lowest BCUT2D eigenvalue weighted by molar-refractivity contribution is 0.281. The van der Waals surface area contributed by atoms with Crippen LogP contribution in [0.5, 0.6) is 0 Å². The van der Waals surface area contributed by atoms with Crippen LogP contribution in [0.1, 0.15) is 30.9 Å². The van der Waals surface area contributed by atoms with Crippen molar-refractivity contribution < 1.29 is 9.50 Å². The molecule has 0 aliphatic carbocycles. The van der Waals surface area contributed by atoms with E-state index in [9.17, 15) is 4.39 Å². The molecule has 0 unspecified atom stereocenters. The third-order valence-corrected chi connectivity index (χ3v) is 2.10. The molecule has 1 atom stereocenters. The molecule has 1 aromatic rings. The lowest BCUT2D eigenvalue weighted by Crippen LogP contribution is -2.10. The Morgan fingerprint density at radius 3 is 2.79 bits per heavy atom. The van der Waals surface area contributed by atoms with Crippen LogP contribution in [0, 0.1) is 5.95 Å². The number of nitrogens with two attached hydrogens (primary N) is 1. The number of pyridine rings is 1. The van der Waals surface area contributed by atoms with E-state index in [-0.39, 0.29) is 12.6 Å². The third kappa shape index (κ3) is 3.40. The van der Waals surface area contributed by atoms with Gasteiger partial charge in [0.05, 0.1) is 0 Å². The molecule has 0 aromatic carbocycles. The van der Waals surface area contributed by atoms with E-state index in [0.717, 1.165) is 24.8 Å². The molecule has 0 bridgehead atoms. The van der Waals surface area contributed by atoms with Crippen molar-refractivity contribution in [2.45, 2.75) is 25.3 Å². The lowest BCUT2D eigenvalue weighted by Gasteiger charge is -2.10. The molecule has 0 amide bonds. The van der Waals surface area contributed by atoms with Gasteiger partial charge in [-0.15, -0.1) is 0 Å². The van der Waals surface area contributed by atoms with E-state index in [1.165, 1.54) is 12.3 Å². The summed E-state index contributed by atoms with van der Waals surface area (Å²) in [4.78, 5) is 3.53. The zero-order chi connectivity index (χ0) is 10.4. The minimum absolute atomic E-state index is 0.116. The Morgan fingerprint density at radius 1 is 1.43 bits per heavy atom. The Kier molecular flexibility index (Phi) is 4.49. The van der Waals surface area contributed by atoms with E-state index < -0.39 is 5.95 Å². The quantitative estimate of drug-likeness (QED) is 0.555. The summed E-state index contributed by atoms with van der Waals surface area (Å²) in [6, 6.07) is 2.84. The zero-order valence-corrected chi connectivity index (χ0v) is 7.99. The number of unbranched alkanes of at least 4 members (excludes halogenated alkanes) is 1. The summed E-state index contributed by atoms with van der Waals surface area (Å²) in [7, 11) is 0. The summed E-state index contributed by atoms with van der Waals surface area (Å²) >= 11 is 0. The first-order valence-electron chi connectivity index (χ1n) is 4.72. The van der Waals surface area contributed by atoms with Crippen molar-refractivity contribution in [3.8, 4) is 0 Å². The topological polar surface area (TPSA) is 59.1 Å². The normalized spacial score (nSPS) is 12.8. The van der Waals surface area contributed by atoms with E-state index in [2.05, 4.69) is 4.98 Å². The highest BCUT2D eigenvalue weighted by Gasteiger charge is 2.05. The number of hydrogen-bond donors (Lipinski definition) is 2. The van der Waals surface area contributed by atoms with Crippen molar-refractivity contribution in [2.24, 2.45) is 5.73 Å². The fourth-order valence-corrected chi connectivity index (χ4v) is 1.25. The Hall–Kier alpha value is -1.00. The molecule has 1 heterocycles. The average molecular weight is 198 g/mol. The predicted molar refractivity (Wildman–Crippen MR) is 52.1 cm³/mol. The lowest BCUT2D eigenvalue weighted by atomic mass is 10.0. The molecule has 78 valence electrons. The smallest absolute Gasteiger partial charge is 0.212 e. The van der Waals surface area contributed by atoms with Crippen molar-refractivity contribution in [3.63, 3.8) is 0 Å². The number of aliphatic hydroxyl groups excluding tert-OH is 1. The highest BCUT2D eigenvalue weighted by Crippen LogP contribution is 2.15. The van der Waals surface area contributed by atoms with Crippen LogP contribution in [0.4, 0.5) is 4.39 Å². The van der Waals surface area contributed by atoms with Gasteiger partial charge < -0.3 is 10.8 Å². The molecule has 1 rings (SSSR count). The Bertz CT molecular complexity index is 263. The van der Waals surface area contributed by atoms with Crippen molar-refractivity contribution in [2.75, 3.05) is 6.61 Å². The predicted octanol–water partition coefficient (Wildman–Crippen LogP) is 1.38. The fraction of sp³-hybridized carbons (Fsp3) is 0.500. The molecule has 0 saturated carbocycles. The van der Waals surface area contributed by atoms with Gasteiger partial charge in [-0.2, -0.15) is 4.39 Å². The third-order valence-electron chi connectivity index (χ3n) is 2.10. The highest BCUT2D eigenvalue weighted by molar-refractivity contribution is 5.13. The molecule has 0 aliphatic rings. The molecule has 3 nitrogen and oxygen atoms in total. The zero-order valence-electron chi connectivity index (χ0n) is 7.99. The van der Waals surface area contributed by atoms with Crippen LogP contribution in [-0.4, -0.2) is 16.7 Å². The Labute approximate surface area is 82.8 Å². The number of nitrogens with zero attached hydrogens (tertiary/aromatic N) is 1. The molecule has 3 N–H and O–H groups in total. The summed E-state index contributed by atoms with van der Waals surface area (Å²) in [6.45, 7) is 0.189. The molecular weight excluding hydrogens is 183 g/mol. The van der Waals surface area contributed by atoms with Gasteiger partial charge in [-0.25, -0.2) is 4.98 Å². The van der Waals surface area contributed by atoms with E-state index in [0.29, 0.717) is 0 Å². The molecule has 0 saturated heterocycles. The maximum Gasteiger partial charge on any atom is 0.212 e. The van der Waals surface area contributed by atoms with Crippen LogP contribution in [0.15, 0.2) is 18.3 Å². The highest BCUT2D eigenvalue weighted by atomic mass is 19.1. The van der Waals surface area contributed by atoms with Crippen LogP contribution in [0.25, 0.3) is 0 Å². The van der Waals surface area contributed by atoms with Crippen LogP contribution >= 0.6 is 0 Å². The molecule has 1 aromatic heterocycles. The van der Waals surface area contributed by atoms with E-state index in [1.54, 1.807) is 6.07 Å². The molecule has 14 heavy (non-hydrogen) atoms. The van der Waals surface area contributed by atoms with Crippen molar-refractivity contribution in [1.29, 1.82) is 0 Å². The average Bonchev–Trinajstić information content (AvgIpc) is 2.19. The van der Waals surface area contributed by atoms with Gasteiger partial charge in [0.15, 0.2) is 0 Å². The molecule has 4 heteroatoms. The van der Waals surface area contributed by atoms with Crippen LogP contribution in [0.3, 0.4) is 0 Å². The maximum atomic E-state index is 12.5. The first-order valence-corrected chi connectivity index (χ1v) is 4.72. The van der Waals surface area contributed by atoms with Gasteiger partial charge in [0.2, 0.25) is 5.95 Å². The van der Waals surface area contributed by atoms with Gasteiger partial charge in [0, 0.05) is 18.8 Å². The van der Waals surface area contributed by atoms with Gasteiger partial charge in [-0.3, -0.25) is 0 Å². The van der Waals surface area contributed by atoms with Crippen molar-refractivity contribution >= 4 is 0 Å². The van der Waals surface area contributed by atoms with Crippen molar-refractivity contribution in [3.05, 3.63) is 29.8 Å². The summed E-state index contributed by atoms with van der Waals surface area (Å²) in [5.41, 5.74) is 6.68. The first-order chi connectivity index (χ1) is 6.74. The number of aliphatic hydroxyl groups is 1. The van der Waals surface area contributed by atoms with Gasteiger partial charge in [0.1, 0.15) is 0 Å². The molecule has 0 aliphatic heterocycles. The maximum absolute atomic E-state index is 12.5. The minimum atomic E-state index is -0.490. The molecule has 0 radical (unpaired) electrons. The van der Waals surface area contributed by atoms with Gasteiger partial charge in [-0.05, 0) is 30.9 Å². The van der Waals surface area contributed by atoms with Crippen LogP contribution in [-0.2, 0) is 0 Å². The first kappa shape index (κ1) is 11.1. The molecular formula is C10H15FN2O. The van der Waals surface area contributed by atoms with E-state index in [4.69, 9.17) is 10.8 Å². The number of rotatable bonds is 5. The van der Waals surface area contributed by atoms with Crippen LogP contribution in [0.2, 0.25) is 0 Å². The number of aromatic nitrogens is 1. The van der Waals surface area contributed by atoms with E-state index in [1.807, 2.05) is 0 Å². The van der Waals surface area contributed by atoms with E-state index >= 15 is 0 Å². The monoisotopic (exact) mass is 198 g/mol. The number of halogens is 1. The Morgan fingerprint density at radius 2 is 2.21 bits per heavy atom. The standard InChI is InChI=1S/C10H15FN2O/c11-10-5-4-8(7-13-10)9(12)3-1-2-6-14/h4-5,7,9,14H,1-3,6,12H2/t9-/m1/s1. The van der Waals surface area contributed by atoms with Crippen LogP contribution < -0.4 is 5.73 Å². The second-order valence-electron chi connectivity index (χ2n) is 3.24. The second-order valence-corrected chi connectivity index (χ2v) is 3.24. The van der Waals surface area contributed by atoms with Gasteiger partial charge >= 0.3 is 0 Å². The fourth-order valence-electron chi connectivity index (χ4n) is 1.25. The largest absolute Gasteiger partial charge is 0.396 e. The number of hydrogen-bond acceptors (Lipinski definition) is 3. The summed E-state index contributed by atoms with van der Waals surface area (Å²) in [5, 5.41) is 8.58. The SMILES string of the molecule is N[C@H](CCCCO)c1ccc(F)nc1. The summed E-state index contributed by atoms with van der Waals surface area (Å²) in [5.74, 6) is -0.490. The van der Waals surface area contributed by atoms with Gasteiger partial charge in [-0.1, -0.05) is 6.07 Å². The summed E-state index contributed by atoms with van der Waals surface area (Å²) in [6.07, 6.45) is 3.87.